The minimum Gasteiger partial charge on any atom is -0.342 e. The third-order valence-corrected chi connectivity index (χ3v) is 4.38. The van der Waals surface area contributed by atoms with Crippen LogP contribution in [-0.2, 0) is 4.79 Å². The maximum Gasteiger partial charge on any atom is 0.222 e. The van der Waals surface area contributed by atoms with Gasteiger partial charge in [-0.2, -0.15) is 11.8 Å². The van der Waals surface area contributed by atoms with Crippen molar-refractivity contribution in [1.29, 1.82) is 0 Å². The largest absolute Gasteiger partial charge is 0.342 e. The number of rotatable bonds is 3. The molecular weight excluding hydrogens is 220 g/mol. The Balaban J connectivity index is 2.39. The van der Waals surface area contributed by atoms with Gasteiger partial charge < -0.3 is 10.6 Å². The summed E-state index contributed by atoms with van der Waals surface area (Å²) < 4.78 is 0.316. The highest BCUT2D eigenvalue weighted by atomic mass is 32.2. The van der Waals surface area contributed by atoms with E-state index in [0.29, 0.717) is 11.2 Å². The summed E-state index contributed by atoms with van der Waals surface area (Å²) in [5.41, 5.74) is 5.67. The first-order valence-corrected chi connectivity index (χ1v) is 7.06. The van der Waals surface area contributed by atoms with Crippen LogP contribution in [0.1, 0.15) is 40.0 Å². The fourth-order valence-electron chi connectivity index (χ4n) is 1.78. The smallest absolute Gasteiger partial charge is 0.222 e. The molecule has 94 valence electrons. The summed E-state index contributed by atoms with van der Waals surface area (Å²) in [5, 5.41) is 0. The summed E-state index contributed by atoms with van der Waals surface area (Å²) in [4.78, 5) is 13.9. The van der Waals surface area contributed by atoms with E-state index in [1.807, 2.05) is 23.6 Å². The van der Waals surface area contributed by atoms with Gasteiger partial charge in [-0.15, -0.1) is 0 Å². The average molecular weight is 244 g/mol. The fraction of sp³-hybridized carbons (Fsp3) is 0.917. The quantitative estimate of drug-likeness (QED) is 0.824. The van der Waals surface area contributed by atoms with Gasteiger partial charge in [-0.1, -0.05) is 13.8 Å². The van der Waals surface area contributed by atoms with Crippen molar-refractivity contribution in [2.45, 2.75) is 50.8 Å². The van der Waals surface area contributed by atoms with Crippen LogP contribution in [0.2, 0.25) is 0 Å². The van der Waals surface area contributed by atoms with E-state index in [4.69, 9.17) is 5.73 Å². The van der Waals surface area contributed by atoms with Crippen molar-refractivity contribution in [3.8, 4) is 0 Å². The van der Waals surface area contributed by atoms with Gasteiger partial charge in [-0.3, -0.25) is 4.79 Å². The maximum absolute atomic E-state index is 11.9. The Morgan fingerprint density at radius 3 is 2.81 bits per heavy atom. The Labute approximate surface area is 103 Å². The van der Waals surface area contributed by atoms with Gasteiger partial charge in [0.05, 0.1) is 0 Å². The summed E-state index contributed by atoms with van der Waals surface area (Å²) in [6, 6.07) is 0.127. The zero-order valence-corrected chi connectivity index (χ0v) is 11.5. The van der Waals surface area contributed by atoms with Crippen LogP contribution < -0.4 is 5.73 Å². The Morgan fingerprint density at radius 1 is 1.50 bits per heavy atom. The minimum absolute atomic E-state index is 0.127. The molecular formula is C12H24N2OS. The molecule has 1 aliphatic rings. The number of nitrogens with two attached hydrogens (primary N) is 1. The van der Waals surface area contributed by atoms with E-state index in [9.17, 15) is 4.79 Å². The number of hydrogen-bond donors (Lipinski definition) is 1. The standard InChI is InChI=1S/C12H24N2OS/c1-10(13)4-5-11(15)14-7-6-12(2,3)16-9-8-14/h10H,4-9,13H2,1-3H3. The average Bonchev–Trinajstić information content (AvgIpc) is 2.35. The molecule has 1 atom stereocenters. The second-order valence-electron chi connectivity index (χ2n) is 5.25. The summed E-state index contributed by atoms with van der Waals surface area (Å²) in [5.74, 6) is 1.33. The van der Waals surface area contributed by atoms with E-state index in [1.54, 1.807) is 0 Å². The van der Waals surface area contributed by atoms with Gasteiger partial charge >= 0.3 is 0 Å². The van der Waals surface area contributed by atoms with Crippen molar-refractivity contribution < 1.29 is 4.79 Å². The Hall–Kier alpha value is -0.220. The van der Waals surface area contributed by atoms with E-state index >= 15 is 0 Å². The molecule has 0 aliphatic carbocycles. The number of thioether (sulfide) groups is 1. The zero-order valence-electron chi connectivity index (χ0n) is 10.7. The molecule has 1 fully saturated rings. The second-order valence-corrected chi connectivity index (χ2v) is 7.06. The molecule has 1 amide bonds. The van der Waals surface area contributed by atoms with Crippen molar-refractivity contribution >= 4 is 17.7 Å². The van der Waals surface area contributed by atoms with E-state index in [-0.39, 0.29) is 11.9 Å². The Kier molecular flexibility index (Phi) is 5.12. The number of amides is 1. The van der Waals surface area contributed by atoms with Crippen LogP contribution in [0, 0.1) is 0 Å². The second kappa shape index (κ2) is 5.92. The highest BCUT2D eigenvalue weighted by Crippen LogP contribution is 2.30. The van der Waals surface area contributed by atoms with Gasteiger partial charge in [-0.25, -0.2) is 0 Å². The molecule has 0 aromatic carbocycles. The zero-order chi connectivity index (χ0) is 12.2. The summed E-state index contributed by atoms with van der Waals surface area (Å²) in [6.07, 6.45) is 2.48. The first kappa shape index (κ1) is 13.8. The number of nitrogens with zero attached hydrogens (tertiary/aromatic N) is 1. The van der Waals surface area contributed by atoms with Crippen LogP contribution in [-0.4, -0.2) is 40.4 Å². The van der Waals surface area contributed by atoms with E-state index < -0.39 is 0 Å². The summed E-state index contributed by atoms with van der Waals surface area (Å²) in [6.45, 7) is 8.26. The lowest BCUT2D eigenvalue weighted by Crippen LogP contribution is -2.34. The molecule has 0 aromatic rings. The molecule has 3 nitrogen and oxygen atoms in total. The maximum atomic E-state index is 11.9. The van der Waals surface area contributed by atoms with Crippen molar-refractivity contribution in [3.63, 3.8) is 0 Å². The third kappa shape index (κ3) is 4.74. The monoisotopic (exact) mass is 244 g/mol. The van der Waals surface area contributed by atoms with Crippen LogP contribution >= 0.6 is 11.8 Å². The summed E-state index contributed by atoms with van der Waals surface area (Å²) >= 11 is 1.97. The molecule has 0 bridgehead atoms. The topological polar surface area (TPSA) is 46.3 Å². The molecule has 1 unspecified atom stereocenters. The first-order valence-electron chi connectivity index (χ1n) is 6.08. The lowest BCUT2D eigenvalue weighted by Gasteiger charge is -2.23. The molecule has 4 heteroatoms. The number of carbonyl (C=O) groups excluding carboxylic acids is 1. The molecule has 1 rings (SSSR count). The van der Waals surface area contributed by atoms with Crippen LogP contribution in [0.4, 0.5) is 0 Å². The number of carbonyl (C=O) groups is 1. The third-order valence-electron chi connectivity index (χ3n) is 3.00. The van der Waals surface area contributed by atoms with Crippen molar-refractivity contribution in [1.82, 2.24) is 4.90 Å². The van der Waals surface area contributed by atoms with Crippen LogP contribution in [0.3, 0.4) is 0 Å². The molecule has 16 heavy (non-hydrogen) atoms. The Bertz CT molecular complexity index is 241. The molecule has 1 saturated heterocycles. The molecule has 0 spiro atoms. The van der Waals surface area contributed by atoms with Gasteiger partial charge in [0.1, 0.15) is 0 Å². The fourth-order valence-corrected chi connectivity index (χ4v) is 2.88. The van der Waals surface area contributed by atoms with Gasteiger partial charge in [0.25, 0.3) is 0 Å². The van der Waals surface area contributed by atoms with Crippen molar-refractivity contribution in [3.05, 3.63) is 0 Å². The highest BCUT2D eigenvalue weighted by Gasteiger charge is 2.25. The Morgan fingerprint density at radius 2 is 2.19 bits per heavy atom. The van der Waals surface area contributed by atoms with Gasteiger partial charge in [-0.05, 0) is 19.8 Å². The molecule has 2 N–H and O–H groups in total. The SMILES string of the molecule is CC(N)CCC(=O)N1CCSC(C)(C)CC1. The number of hydrogen-bond acceptors (Lipinski definition) is 3. The van der Waals surface area contributed by atoms with E-state index in [1.165, 1.54) is 0 Å². The van der Waals surface area contributed by atoms with E-state index in [2.05, 4.69) is 13.8 Å². The van der Waals surface area contributed by atoms with Gasteiger partial charge in [0.15, 0.2) is 0 Å². The predicted octanol–water partition coefficient (Wildman–Crippen LogP) is 1.86. The minimum atomic E-state index is 0.127. The lowest BCUT2D eigenvalue weighted by molar-refractivity contribution is -0.131. The molecule has 0 radical (unpaired) electrons. The van der Waals surface area contributed by atoms with Crippen molar-refractivity contribution in [2.24, 2.45) is 5.73 Å². The summed E-state index contributed by atoms with van der Waals surface area (Å²) in [7, 11) is 0. The predicted molar refractivity (Wildman–Crippen MR) is 70.6 cm³/mol. The molecule has 0 aromatic heterocycles. The highest BCUT2D eigenvalue weighted by molar-refractivity contribution is 8.00. The normalized spacial score (nSPS) is 22.6. The lowest BCUT2D eigenvalue weighted by atomic mass is 10.1. The van der Waals surface area contributed by atoms with Crippen molar-refractivity contribution in [2.75, 3.05) is 18.8 Å². The molecule has 0 saturated carbocycles. The first-order chi connectivity index (χ1) is 7.41. The molecule has 1 heterocycles. The van der Waals surface area contributed by atoms with Crippen LogP contribution in [0.5, 0.6) is 0 Å². The van der Waals surface area contributed by atoms with Gasteiger partial charge in [0.2, 0.25) is 5.91 Å². The van der Waals surface area contributed by atoms with Gasteiger partial charge in [0, 0.05) is 36.1 Å². The van der Waals surface area contributed by atoms with Crippen LogP contribution in [0.15, 0.2) is 0 Å². The van der Waals surface area contributed by atoms with E-state index in [0.717, 1.165) is 31.7 Å². The van der Waals surface area contributed by atoms with Crippen LogP contribution in [0.25, 0.3) is 0 Å². The molecule has 1 aliphatic heterocycles.